The third kappa shape index (κ3) is 10.4. The van der Waals surface area contributed by atoms with Crippen LogP contribution < -0.4 is 15.5 Å². The number of carboxylic acid groups (broad SMARTS) is 2. The van der Waals surface area contributed by atoms with E-state index in [1.165, 1.54) is 0 Å². The maximum atomic E-state index is 12.7. The first-order valence-electron chi connectivity index (χ1n) is 12.7. The summed E-state index contributed by atoms with van der Waals surface area (Å²) in [5.41, 5.74) is 0.907. The molecule has 2 aromatic rings. The van der Waals surface area contributed by atoms with Gasteiger partial charge in [-0.2, -0.15) is 15.0 Å². The molecule has 0 unspecified atom stereocenters. The molecule has 4 N–H and O–H groups in total. The van der Waals surface area contributed by atoms with Crippen LogP contribution in [0.1, 0.15) is 37.7 Å². The number of aromatic nitrogens is 3. The Hall–Kier alpha value is -4.49. The number of carbonyl (C=O) groups is 4. The second-order valence-electron chi connectivity index (χ2n) is 8.79. The number of aliphatic carboxylic acids is 2. The van der Waals surface area contributed by atoms with Gasteiger partial charge in [-0.1, -0.05) is 30.3 Å². The van der Waals surface area contributed by atoms with E-state index in [-0.39, 0.29) is 69.2 Å². The van der Waals surface area contributed by atoms with Crippen LogP contribution in [0.5, 0.6) is 0 Å². The molecule has 210 valence electrons. The summed E-state index contributed by atoms with van der Waals surface area (Å²) in [5, 5.41) is 23.4. The van der Waals surface area contributed by atoms with Crippen LogP contribution in [0.25, 0.3) is 0 Å². The van der Waals surface area contributed by atoms with E-state index < -0.39 is 11.9 Å². The molecule has 14 nitrogen and oxygen atoms in total. The molecule has 14 heteroatoms. The Morgan fingerprint density at radius 2 is 1.38 bits per heavy atom. The Balaban J connectivity index is 1.47. The first-order chi connectivity index (χ1) is 18.8. The van der Waals surface area contributed by atoms with Crippen LogP contribution in [0.4, 0.5) is 17.8 Å². The van der Waals surface area contributed by atoms with Crippen molar-refractivity contribution in [3.05, 3.63) is 35.9 Å². The number of hydrogen-bond donors (Lipinski definition) is 4. The maximum Gasteiger partial charge on any atom is 0.306 e. The lowest BCUT2D eigenvalue weighted by atomic mass is 10.2. The summed E-state index contributed by atoms with van der Waals surface area (Å²) < 4.78 is 5.25. The summed E-state index contributed by atoms with van der Waals surface area (Å²) >= 11 is 0. The first-order valence-corrected chi connectivity index (χ1v) is 12.7. The fourth-order valence-electron chi connectivity index (χ4n) is 3.73. The van der Waals surface area contributed by atoms with Crippen LogP contribution in [-0.2, 0) is 30.5 Å². The number of esters is 1. The largest absolute Gasteiger partial charge is 0.481 e. The normalized spacial score (nSPS) is 13.0. The number of carbonyl (C=O) groups excluding carboxylic acids is 2. The highest BCUT2D eigenvalue weighted by atomic mass is 16.5. The second-order valence-corrected chi connectivity index (χ2v) is 8.79. The molecule has 0 bridgehead atoms. The van der Waals surface area contributed by atoms with Crippen LogP contribution >= 0.6 is 0 Å². The molecule has 1 aromatic carbocycles. The molecule has 39 heavy (non-hydrogen) atoms. The van der Waals surface area contributed by atoms with Gasteiger partial charge in [0.2, 0.25) is 23.8 Å². The van der Waals surface area contributed by atoms with Crippen molar-refractivity contribution in [2.75, 3.05) is 54.8 Å². The van der Waals surface area contributed by atoms with Gasteiger partial charge in [0.1, 0.15) is 6.61 Å². The van der Waals surface area contributed by atoms with Gasteiger partial charge in [-0.25, -0.2) is 0 Å². The number of ether oxygens (including phenoxy) is 1. The molecule has 1 aliphatic heterocycles. The first kappa shape index (κ1) is 29.1. The number of anilines is 3. The molecule has 1 saturated heterocycles. The standard InChI is InChI=1S/C25H33N7O7/c33-19(7-4-8-22(38)39-17-18-5-2-1-3-6-18)31-13-15-32(16-14-31)25-29-23(26-11-9-20(34)35)28-24(30-25)27-12-10-21(36)37/h1-3,5-6H,4,7-17H2,(H,34,35)(H,36,37)(H2,26,27,28,29,30). The van der Waals surface area contributed by atoms with Crippen molar-refractivity contribution < 1.29 is 34.1 Å². The Morgan fingerprint density at radius 3 is 1.95 bits per heavy atom. The van der Waals surface area contributed by atoms with Crippen LogP contribution in [-0.4, -0.2) is 93.1 Å². The average Bonchev–Trinajstić information content (AvgIpc) is 2.92. The van der Waals surface area contributed by atoms with Gasteiger partial charge in [0.15, 0.2) is 0 Å². The third-order valence-electron chi connectivity index (χ3n) is 5.80. The van der Waals surface area contributed by atoms with Crippen molar-refractivity contribution in [2.24, 2.45) is 0 Å². The molecule has 0 spiro atoms. The van der Waals surface area contributed by atoms with Crippen molar-refractivity contribution in [3.8, 4) is 0 Å². The second kappa shape index (κ2) is 15.1. The van der Waals surface area contributed by atoms with E-state index in [1.807, 2.05) is 35.2 Å². The predicted octanol–water partition coefficient (Wildman–Crippen LogP) is 1.21. The van der Waals surface area contributed by atoms with Gasteiger partial charge in [0.25, 0.3) is 0 Å². The molecule has 3 rings (SSSR count). The highest BCUT2D eigenvalue weighted by molar-refractivity contribution is 5.77. The Bertz CT molecular complexity index is 1090. The van der Waals surface area contributed by atoms with Crippen LogP contribution in [0, 0.1) is 0 Å². The number of nitrogens with one attached hydrogen (secondary N) is 2. The van der Waals surface area contributed by atoms with E-state index in [9.17, 15) is 19.2 Å². The molecule has 1 amide bonds. The molecular weight excluding hydrogens is 510 g/mol. The minimum Gasteiger partial charge on any atom is -0.481 e. The van der Waals surface area contributed by atoms with E-state index in [1.54, 1.807) is 4.90 Å². The zero-order valence-electron chi connectivity index (χ0n) is 21.5. The smallest absolute Gasteiger partial charge is 0.306 e. The lowest BCUT2D eigenvalue weighted by Gasteiger charge is -2.35. The molecule has 1 aromatic heterocycles. The molecule has 2 heterocycles. The zero-order chi connectivity index (χ0) is 28.0. The zero-order valence-corrected chi connectivity index (χ0v) is 21.5. The summed E-state index contributed by atoms with van der Waals surface area (Å²) in [4.78, 5) is 62.8. The van der Waals surface area contributed by atoms with Gasteiger partial charge < -0.3 is 35.4 Å². The molecule has 0 aliphatic carbocycles. The van der Waals surface area contributed by atoms with Crippen molar-refractivity contribution >= 4 is 41.7 Å². The molecule has 1 fully saturated rings. The Morgan fingerprint density at radius 1 is 0.795 bits per heavy atom. The van der Waals surface area contributed by atoms with Gasteiger partial charge in [-0.05, 0) is 12.0 Å². The number of nitrogens with zero attached hydrogens (tertiary/aromatic N) is 5. The topological polar surface area (TPSA) is 187 Å². The lowest BCUT2D eigenvalue weighted by molar-refractivity contribution is -0.145. The summed E-state index contributed by atoms with van der Waals surface area (Å²) in [6.07, 6.45) is 0.541. The summed E-state index contributed by atoms with van der Waals surface area (Å²) in [7, 11) is 0. The number of hydrogen-bond acceptors (Lipinski definition) is 11. The molecule has 0 radical (unpaired) electrons. The molecule has 0 saturated carbocycles. The van der Waals surface area contributed by atoms with E-state index in [0.29, 0.717) is 38.5 Å². The molecule has 0 atom stereocenters. The fraction of sp³-hybridized carbons (Fsp3) is 0.480. The maximum absolute atomic E-state index is 12.7. The summed E-state index contributed by atoms with van der Waals surface area (Å²) in [5.74, 6) is -1.68. The monoisotopic (exact) mass is 543 g/mol. The Kier molecular flexibility index (Phi) is 11.2. The van der Waals surface area contributed by atoms with Gasteiger partial charge in [-0.15, -0.1) is 0 Å². The average molecular weight is 544 g/mol. The van der Waals surface area contributed by atoms with Crippen molar-refractivity contribution in [1.29, 1.82) is 0 Å². The van der Waals surface area contributed by atoms with E-state index in [0.717, 1.165) is 5.56 Å². The Labute approximate surface area is 225 Å². The van der Waals surface area contributed by atoms with Gasteiger partial charge in [0.05, 0.1) is 12.8 Å². The molecule has 1 aliphatic rings. The number of amides is 1. The fourth-order valence-corrected chi connectivity index (χ4v) is 3.73. The van der Waals surface area contributed by atoms with Crippen molar-refractivity contribution in [1.82, 2.24) is 19.9 Å². The van der Waals surface area contributed by atoms with Crippen LogP contribution in [0.3, 0.4) is 0 Å². The number of benzene rings is 1. The van der Waals surface area contributed by atoms with Gasteiger partial charge in [0, 0.05) is 52.1 Å². The van der Waals surface area contributed by atoms with Gasteiger partial charge >= 0.3 is 17.9 Å². The highest BCUT2D eigenvalue weighted by Crippen LogP contribution is 2.17. The number of rotatable bonds is 15. The van der Waals surface area contributed by atoms with E-state index >= 15 is 0 Å². The minimum absolute atomic E-state index is 0.0480. The van der Waals surface area contributed by atoms with Crippen molar-refractivity contribution in [3.63, 3.8) is 0 Å². The quantitative estimate of drug-likeness (QED) is 0.235. The third-order valence-corrected chi connectivity index (χ3v) is 5.80. The van der Waals surface area contributed by atoms with E-state index in [2.05, 4.69) is 25.6 Å². The SMILES string of the molecule is O=C(O)CCNc1nc(NCCC(=O)O)nc(N2CCN(C(=O)CCCC(=O)OCc3ccccc3)CC2)n1. The van der Waals surface area contributed by atoms with Crippen LogP contribution in [0.15, 0.2) is 30.3 Å². The highest BCUT2D eigenvalue weighted by Gasteiger charge is 2.23. The van der Waals surface area contributed by atoms with Crippen molar-refractivity contribution in [2.45, 2.75) is 38.7 Å². The summed E-state index contributed by atoms with van der Waals surface area (Å²) in [6, 6.07) is 9.39. The minimum atomic E-state index is -0.971. The van der Waals surface area contributed by atoms with Gasteiger partial charge in [-0.3, -0.25) is 19.2 Å². The predicted molar refractivity (Wildman–Crippen MR) is 140 cm³/mol. The number of carboxylic acids is 2. The lowest BCUT2D eigenvalue weighted by Crippen LogP contribution is -2.49. The molecular formula is C25H33N7O7. The number of piperazine rings is 1. The van der Waals surface area contributed by atoms with Crippen LogP contribution in [0.2, 0.25) is 0 Å². The summed E-state index contributed by atoms with van der Waals surface area (Å²) in [6.45, 7) is 2.21. The van der Waals surface area contributed by atoms with E-state index in [4.69, 9.17) is 14.9 Å².